The predicted octanol–water partition coefficient (Wildman–Crippen LogP) is 4.05. The fraction of sp³-hybridized carbons (Fsp3) is 0.792. The number of halogens is 1. The van der Waals surface area contributed by atoms with E-state index in [4.69, 9.17) is 11.6 Å². The van der Waals surface area contributed by atoms with Crippen molar-refractivity contribution in [3.05, 3.63) is 12.4 Å². The third-order valence-corrected chi connectivity index (χ3v) is 9.54. The van der Waals surface area contributed by atoms with Crippen LogP contribution in [0.3, 0.4) is 0 Å². The molecule has 1 aromatic rings. The fourth-order valence-corrected chi connectivity index (χ4v) is 8.36. The van der Waals surface area contributed by atoms with Crippen molar-refractivity contribution in [1.29, 1.82) is 0 Å². The molecule has 5 rings (SSSR count). The van der Waals surface area contributed by atoms with E-state index in [0.717, 1.165) is 43.9 Å². The third kappa shape index (κ3) is 3.31. The normalized spacial score (nSPS) is 44.9. The molecular weight excluding hydrogens is 398 g/mol. The number of aromatic nitrogens is 3. The van der Waals surface area contributed by atoms with Crippen molar-refractivity contribution in [2.24, 2.45) is 40.9 Å². The number of fused-ring (bicyclic) bond motifs is 5. The van der Waals surface area contributed by atoms with Crippen LogP contribution in [0.25, 0.3) is 0 Å². The van der Waals surface area contributed by atoms with Gasteiger partial charge in [0, 0.05) is 11.3 Å². The molecule has 1 aromatic heterocycles. The maximum atomic E-state index is 13.1. The molecule has 30 heavy (non-hydrogen) atoms. The first kappa shape index (κ1) is 20.5. The molecule has 4 saturated carbocycles. The van der Waals surface area contributed by atoms with Gasteiger partial charge in [0.2, 0.25) is 0 Å². The van der Waals surface area contributed by atoms with Crippen LogP contribution >= 0.6 is 11.6 Å². The Morgan fingerprint density at radius 3 is 2.63 bits per heavy atom. The molecule has 5 nitrogen and oxygen atoms in total. The van der Waals surface area contributed by atoms with E-state index >= 15 is 0 Å². The van der Waals surface area contributed by atoms with Gasteiger partial charge in [-0.1, -0.05) is 12.8 Å². The molecular formula is C24H32ClN3O2. The maximum Gasteiger partial charge on any atom is 0.159 e. The van der Waals surface area contributed by atoms with E-state index in [1.807, 2.05) is 0 Å². The van der Waals surface area contributed by atoms with Crippen LogP contribution in [0.4, 0.5) is 0 Å². The van der Waals surface area contributed by atoms with Gasteiger partial charge in [-0.15, -0.1) is 0 Å². The molecule has 0 radical (unpaired) electrons. The van der Waals surface area contributed by atoms with E-state index < -0.39 is 5.60 Å². The second kappa shape index (κ2) is 7.64. The van der Waals surface area contributed by atoms with E-state index in [9.17, 15) is 9.90 Å². The van der Waals surface area contributed by atoms with Crippen molar-refractivity contribution in [3.63, 3.8) is 0 Å². The van der Waals surface area contributed by atoms with E-state index in [0.29, 0.717) is 30.1 Å². The lowest BCUT2D eigenvalue weighted by atomic mass is 9.49. The van der Waals surface area contributed by atoms with Gasteiger partial charge in [-0.2, -0.15) is 15.0 Å². The molecule has 0 bridgehead atoms. The number of hydrogen-bond donors (Lipinski definition) is 1. The van der Waals surface area contributed by atoms with Crippen LogP contribution in [0, 0.1) is 52.2 Å². The zero-order valence-corrected chi connectivity index (χ0v) is 18.5. The van der Waals surface area contributed by atoms with Crippen LogP contribution in [0.5, 0.6) is 0 Å². The monoisotopic (exact) mass is 429 g/mol. The Labute approximate surface area is 183 Å². The van der Waals surface area contributed by atoms with E-state index in [-0.39, 0.29) is 11.3 Å². The van der Waals surface area contributed by atoms with Gasteiger partial charge in [0.05, 0.1) is 12.4 Å². The van der Waals surface area contributed by atoms with Crippen LogP contribution in [0.1, 0.15) is 64.7 Å². The van der Waals surface area contributed by atoms with Crippen LogP contribution in [0.2, 0.25) is 0 Å². The number of nitrogens with zero attached hydrogens (tertiary/aromatic N) is 3. The predicted molar refractivity (Wildman–Crippen MR) is 114 cm³/mol. The molecule has 8 atom stereocenters. The zero-order chi connectivity index (χ0) is 20.9. The van der Waals surface area contributed by atoms with Crippen molar-refractivity contribution in [2.45, 2.75) is 76.9 Å². The lowest BCUT2D eigenvalue weighted by Crippen LogP contribution is -2.51. The van der Waals surface area contributed by atoms with Crippen LogP contribution in [-0.2, 0) is 11.3 Å². The number of carbonyl (C=O) groups is 1. The first-order valence-corrected chi connectivity index (χ1v) is 12.0. The summed E-state index contributed by atoms with van der Waals surface area (Å²) in [5.41, 5.74) is -0.762. The van der Waals surface area contributed by atoms with Crippen molar-refractivity contribution in [1.82, 2.24) is 15.0 Å². The Morgan fingerprint density at radius 2 is 1.87 bits per heavy atom. The molecule has 1 heterocycles. The van der Waals surface area contributed by atoms with Gasteiger partial charge in [-0.3, -0.25) is 4.79 Å². The summed E-state index contributed by atoms with van der Waals surface area (Å²) < 4.78 is 0. The molecule has 0 saturated heterocycles. The number of aliphatic hydroxyl groups is 1. The number of ketones is 1. The van der Waals surface area contributed by atoms with Gasteiger partial charge in [-0.05, 0) is 104 Å². The summed E-state index contributed by atoms with van der Waals surface area (Å²) in [5.74, 6) is 6.72. The molecule has 0 aromatic carbocycles. The number of hydrogen-bond acceptors (Lipinski definition) is 4. The smallest absolute Gasteiger partial charge is 0.159 e. The standard InChI is InChI=1S/C24H32ClN3O2/c1-23-8-6-18-17-7-9-24(30,10-11-25)14-16(17)2-3-19(18)20(23)4-5-21(23)22(29)15-28-26-12-13-27-28/h12-13,16-21,30H,2-9,14-15H2,1H3/t16-,17+,18?,19?,20?,21-,23+,24+/m1/s1. The fourth-order valence-electron chi connectivity index (χ4n) is 8.18. The minimum Gasteiger partial charge on any atom is -0.378 e. The van der Waals surface area contributed by atoms with E-state index in [1.165, 1.54) is 30.5 Å². The highest BCUT2D eigenvalue weighted by Crippen LogP contribution is 2.64. The lowest BCUT2D eigenvalue weighted by molar-refractivity contribution is -0.132. The molecule has 3 unspecified atom stereocenters. The highest BCUT2D eigenvalue weighted by Gasteiger charge is 2.58. The Morgan fingerprint density at radius 1 is 1.10 bits per heavy atom. The van der Waals surface area contributed by atoms with Gasteiger partial charge in [0.25, 0.3) is 0 Å². The van der Waals surface area contributed by atoms with Gasteiger partial charge in [-0.25, -0.2) is 0 Å². The maximum absolute atomic E-state index is 13.1. The second-order valence-corrected chi connectivity index (χ2v) is 10.8. The Kier molecular flexibility index (Phi) is 5.22. The molecule has 4 aliphatic carbocycles. The summed E-state index contributed by atoms with van der Waals surface area (Å²) >= 11 is 5.61. The summed E-state index contributed by atoms with van der Waals surface area (Å²) in [6, 6.07) is 0. The molecule has 162 valence electrons. The molecule has 0 aliphatic heterocycles. The summed E-state index contributed by atoms with van der Waals surface area (Å²) in [5, 5.41) is 21.5. The molecule has 1 N–H and O–H groups in total. The van der Waals surface area contributed by atoms with E-state index in [1.54, 1.807) is 12.4 Å². The number of Topliss-reactive ketones (excluding diaryl/α,β-unsaturated/α-hetero) is 1. The van der Waals surface area contributed by atoms with Gasteiger partial charge >= 0.3 is 0 Å². The van der Waals surface area contributed by atoms with Crippen LogP contribution in [0.15, 0.2) is 12.4 Å². The molecule has 4 aliphatic rings. The van der Waals surface area contributed by atoms with Crippen LogP contribution in [-0.4, -0.2) is 31.5 Å². The SMILES string of the molecule is C[C@]12CCC3C(CC[C@@H]4C[C@@](O)(C#CCl)CC[C@H]34)C1CC[C@@H]2C(=O)Cn1nccn1. The summed E-state index contributed by atoms with van der Waals surface area (Å²) in [6.07, 6.45) is 12.9. The van der Waals surface area contributed by atoms with Crippen LogP contribution < -0.4 is 0 Å². The average Bonchev–Trinajstić information content (AvgIpc) is 3.34. The van der Waals surface area contributed by atoms with E-state index in [2.05, 4.69) is 28.4 Å². The number of carbonyl (C=O) groups excluding carboxylic acids is 1. The summed E-state index contributed by atoms with van der Waals surface area (Å²) in [7, 11) is 0. The first-order chi connectivity index (χ1) is 14.4. The minimum atomic E-state index is -0.885. The highest BCUT2D eigenvalue weighted by atomic mass is 35.5. The average molecular weight is 430 g/mol. The lowest BCUT2D eigenvalue weighted by Gasteiger charge is -2.56. The Balaban J connectivity index is 1.31. The summed E-state index contributed by atoms with van der Waals surface area (Å²) in [4.78, 5) is 14.7. The van der Waals surface area contributed by atoms with Crippen molar-refractivity contribution in [3.8, 4) is 11.3 Å². The highest BCUT2D eigenvalue weighted by molar-refractivity contribution is 6.30. The quantitative estimate of drug-likeness (QED) is 0.736. The molecule has 4 fully saturated rings. The van der Waals surface area contributed by atoms with Crippen molar-refractivity contribution >= 4 is 17.4 Å². The molecule has 0 spiro atoms. The van der Waals surface area contributed by atoms with Gasteiger partial charge in [0.15, 0.2) is 5.78 Å². The summed E-state index contributed by atoms with van der Waals surface area (Å²) in [6.45, 7) is 2.70. The Bertz CT molecular complexity index is 862. The first-order valence-electron chi connectivity index (χ1n) is 11.7. The van der Waals surface area contributed by atoms with Gasteiger partial charge in [0.1, 0.15) is 12.1 Å². The topological polar surface area (TPSA) is 68.0 Å². The molecule has 0 amide bonds. The third-order valence-electron chi connectivity index (χ3n) is 9.44. The number of rotatable bonds is 3. The van der Waals surface area contributed by atoms with Crippen molar-refractivity contribution in [2.75, 3.05) is 0 Å². The second-order valence-electron chi connectivity index (χ2n) is 10.6. The largest absolute Gasteiger partial charge is 0.378 e. The minimum absolute atomic E-state index is 0.123. The molecule has 6 heteroatoms. The van der Waals surface area contributed by atoms with Crippen molar-refractivity contribution < 1.29 is 9.90 Å². The Hall–Kier alpha value is -1.38. The zero-order valence-electron chi connectivity index (χ0n) is 17.8. The van der Waals surface area contributed by atoms with Gasteiger partial charge < -0.3 is 5.11 Å².